The van der Waals surface area contributed by atoms with Crippen molar-refractivity contribution in [1.82, 2.24) is 0 Å². The van der Waals surface area contributed by atoms with Crippen LogP contribution in [0.2, 0.25) is 0 Å². The fraction of sp³-hybridized carbons (Fsp3) is 0.214. The van der Waals surface area contributed by atoms with Crippen LogP contribution < -0.4 is 0 Å². The van der Waals surface area contributed by atoms with Gasteiger partial charge in [0.25, 0.3) is 0 Å². The molecule has 108 valence electrons. The summed E-state index contributed by atoms with van der Waals surface area (Å²) in [5.74, 6) is -1.15. The molecule has 4 nitrogen and oxygen atoms in total. The van der Waals surface area contributed by atoms with E-state index in [0.717, 1.165) is 0 Å². The van der Waals surface area contributed by atoms with E-state index >= 15 is 0 Å². The van der Waals surface area contributed by atoms with Crippen molar-refractivity contribution < 1.29 is 17.9 Å². The molecule has 0 aliphatic carbocycles. The summed E-state index contributed by atoms with van der Waals surface area (Å²) < 4.78 is 28.9. The Morgan fingerprint density at radius 1 is 1.25 bits per heavy atom. The minimum absolute atomic E-state index is 0.0823. The molecule has 0 saturated carbocycles. The normalized spacial score (nSPS) is 11.4. The first kappa shape index (κ1) is 16.7. The van der Waals surface area contributed by atoms with Crippen molar-refractivity contribution in [2.75, 3.05) is 17.7 Å². The average molecular weight is 359 g/mol. The van der Waals surface area contributed by atoms with Crippen LogP contribution in [0.15, 0.2) is 59.5 Å². The zero-order valence-electron chi connectivity index (χ0n) is 10.8. The van der Waals surface area contributed by atoms with Gasteiger partial charge in [0.15, 0.2) is 9.84 Å². The van der Waals surface area contributed by atoms with E-state index in [1.807, 2.05) is 0 Å². The van der Waals surface area contributed by atoms with Gasteiger partial charge in [0, 0.05) is 10.9 Å². The van der Waals surface area contributed by atoms with Crippen molar-refractivity contribution in [3.05, 3.63) is 54.6 Å². The monoisotopic (exact) mass is 358 g/mol. The zero-order valence-corrected chi connectivity index (χ0v) is 13.2. The second-order valence-corrected chi connectivity index (χ2v) is 6.54. The van der Waals surface area contributed by atoms with E-state index in [1.54, 1.807) is 30.4 Å². The van der Waals surface area contributed by atoms with E-state index in [2.05, 4.69) is 22.5 Å². The number of hydrogen-bond acceptors (Lipinski definition) is 4. The highest BCUT2D eigenvalue weighted by atomic mass is 79.9. The number of sulfone groups is 1. The Kier molecular flexibility index (Phi) is 6.67. The van der Waals surface area contributed by atoms with Crippen LogP contribution in [0.4, 0.5) is 0 Å². The quantitative estimate of drug-likeness (QED) is 0.325. The lowest BCUT2D eigenvalue weighted by Gasteiger charge is -2.07. The van der Waals surface area contributed by atoms with Gasteiger partial charge in [-0.3, -0.25) is 0 Å². The van der Waals surface area contributed by atoms with Gasteiger partial charge < -0.3 is 4.74 Å². The molecule has 0 unspecified atom stereocenters. The van der Waals surface area contributed by atoms with Crippen molar-refractivity contribution in [2.45, 2.75) is 4.90 Å². The first-order valence-electron chi connectivity index (χ1n) is 5.81. The Hall–Kier alpha value is -1.40. The molecule has 0 atom stereocenters. The summed E-state index contributed by atoms with van der Waals surface area (Å²) in [6.07, 6.45) is 3.43. The number of hydrogen-bond donors (Lipinski definition) is 0. The maximum atomic E-state index is 12.0. The average Bonchev–Trinajstić information content (AvgIpc) is 2.44. The number of allylic oxidation sites excluding steroid dienone is 1. The standard InChI is InChI=1S/C14H15BrO4S/c1-12(14(16)19-10-6-5-9-15)11-20(17,18)13-7-3-2-4-8-13/h2-8H,1,9-11H2/b6-5+. The molecule has 0 amide bonds. The minimum atomic E-state index is -3.57. The van der Waals surface area contributed by atoms with Crippen LogP contribution in [-0.4, -0.2) is 32.1 Å². The third-order valence-corrected chi connectivity index (χ3v) is 4.41. The van der Waals surface area contributed by atoms with Gasteiger partial charge in [-0.25, -0.2) is 13.2 Å². The summed E-state index contributed by atoms with van der Waals surface area (Å²) in [4.78, 5) is 11.7. The molecule has 1 aromatic rings. The van der Waals surface area contributed by atoms with Crippen molar-refractivity contribution in [3.63, 3.8) is 0 Å². The van der Waals surface area contributed by atoms with E-state index < -0.39 is 21.6 Å². The molecule has 0 bridgehead atoms. The summed E-state index contributed by atoms with van der Waals surface area (Å²) in [5.41, 5.74) is -0.0823. The second-order valence-electron chi connectivity index (χ2n) is 3.90. The number of ether oxygens (including phenoxy) is 1. The third kappa shape index (κ3) is 5.30. The van der Waals surface area contributed by atoms with Crippen molar-refractivity contribution in [3.8, 4) is 0 Å². The topological polar surface area (TPSA) is 60.4 Å². The van der Waals surface area contributed by atoms with Gasteiger partial charge in [0.1, 0.15) is 6.61 Å². The molecule has 6 heteroatoms. The molecule has 0 aromatic heterocycles. The van der Waals surface area contributed by atoms with Crippen LogP contribution in [-0.2, 0) is 19.4 Å². The minimum Gasteiger partial charge on any atom is -0.458 e. The predicted molar refractivity (Wildman–Crippen MR) is 81.5 cm³/mol. The van der Waals surface area contributed by atoms with Crippen molar-refractivity contribution in [1.29, 1.82) is 0 Å². The summed E-state index contributed by atoms with van der Waals surface area (Å²) in [7, 11) is -3.57. The number of benzene rings is 1. The van der Waals surface area contributed by atoms with Gasteiger partial charge in [-0.1, -0.05) is 52.9 Å². The van der Waals surface area contributed by atoms with Crippen molar-refractivity contribution >= 4 is 31.7 Å². The van der Waals surface area contributed by atoms with Gasteiger partial charge in [0.2, 0.25) is 0 Å². The highest BCUT2D eigenvalue weighted by Crippen LogP contribution is 2.13. The van der Waals surface area contributed by atoms with Crippen molar-refractivity contribution in [2.24, 2.45) is 0 Å². The summed E-state index contributed by atoms with van der Waals surface area (Å²) in [6, 6.07) is 7.93. The number of alkyl halides is 1. The summed E-state index contributed by atoms with van der Waals surface area (Å²) in [5, 5.41) is 0.661. The van der Waals surface area contributed by atoms with Crippen LogP contribution in [0, 0.1) is 0 Å². The fourth-order valence-electron chi connectivity index (χ4n) is 1.36. The Balaban J connectivity index is 2.62. The predicted octanol–water partition coefficient (Wildman–Crippen LogP) is 2.51. The smallest absolute Gasteiger partial charge is 0.334 e. The molecule has 0 spiro atoms. The van der Waals surface area contributed by atoms with Crippen LogP contribution in [0.1, 0.15) is 0 Å². The third-order valence-electron chi connectivity index (χ3n) is 2.32. The number of carbonyl (C=O) groups is 1. The van der Waals surface area contributed by atoms with Crippen LogP contribution in [0.25, 0.3) is 0 Å². The van der Waals surface area contributed by atoms with E-state index in [0.29, 0.717) is 5.33 Å². The first-order chi connectivity index (χ1) is 9.47. The van der Waals surface area contributed by atoms with E-state index in [9.17, 15) is 13.2 Å². The molecule has 0 saturated heterocycles. The Labute approximate surface area is 127 Å². The fourth-order valence-corrected chi connectivity index (χ4v) is 2.94. The first-order valence-corrected chi connectivity index (χ1v) is 8.58. The maximum Gasteiger partial charge on any atom is 0.334 e. The molecule has 0 radical (unpaired) electrons. The molecule has 1 rings (SSSR count). The van der Waals surface area contributed by atoms with Crippen LogP contribution >= 0.6 is 15.9 Å². The second kappa shape index (κ2) is 8.01. The lowest BCUT2D eigenvalue weighted by Crippen LogP contribution is -2.16. The Morgan fingerprint density at radius 2 is 1.90 bits per heavy atom. The van der Waals surface area contributed by atoms with E-state index in [4.69, 9.17) is 4.74 Å². The Bertz CT molecular complexity index is 591. The molecular weight excluding hydrogens is 344 g/mol. The largest absolute Gasteiger partial charge is 0.458 e. The van der Waals surface area contributed by atoms with E-state index in [-0.39, 0.29) is 17.1 Å². The van der Waals surface area contributed by atoms with Gasteiger partial charge in [0.05, 0.1) is 10.6 Å². The molecule has 0 fully saturated rings. The number of rotatable bonds is 7. The summed E-state index contributed by atoms with van der Waals surface area (Å²) >= 11 is 3.19. The SMILES string of the molecule is C=C(CS(=O)(=O)c1ccccc1)C(=O)OC/C=C/CBr. The van der Waals surface area contributed by atoms with Gasteiger partial charge >= 0.3 is 5.97 Å². The lowest BCUT2D eigenvalue weighted by molar-refractivity contribution is -0.137. The highest BCUT2D eigenvalue weighted by Gasteiger charge is 2.20. The van der Waals surface area contributed by atoms with Crippen LogP contribution in [0.5, 0.6) is 0 Å². The van der Waals surface area contributed by atoms with Gasteiger partial charge in [-0.05, 0) is 12.1 Å². The summed E-state index contributed by atoms with van der Waals surface area (Å²) in [6.45, 7) is 3.57. The maximum absolute atomic E-state index is 12.0. The van der Waals surface area contributed by atoms with E-state index in [1.165, 1.54) is 12.1 Å². The highest BCUT2D eigenvalue weighted by molar-refractivity contribution is 9.09. The van der Waals surface area contributed by atoms with Gasteiger partial charge in [-0.15, -0.1) is 0 Å². The molecule has 0 N–H and O–H groups in total. The van der Waals surface area contributed by atoms with Gasteiger partial charge in [-0.2, -0.15) is 0 Å². The number of carbonyl (C=O) groups excluding carboxylic acids is 1. The number of halogens is 1. The molecular formula is C14H15BrO4S. The molecule has 20 heavy (non-hydrogen) atoms. The molecule has 0 aliphatic heterocycles. The zero-order chi connectivity index (χ0) is 15.0. The molecule has 1 aromatic carbocycles. The lowest BCUT2D eigenvalue weighted by atomic mass is 10.3. The molecule has 0 heterocycles. The van der Waals surface area contributed by atoms with Crippen LogP contribution in [0.3, 0.4) is 0 Å². The number of esters is 1. The molecule has 0 aliphatic rings. The Morgan fingerprint density at radius 3 is 2.50 bits per heavy atom.